The van der Waals surface area contributed by atoms with Gasteiger partial charge in [-0.3, -0.25) is 4.79 Å². The average Bonchev–Trinajstić information content (AvgIpc) is 2.65. The zero-order chi connectivity index (χ0) is 21.1. The van der Waals surface area contributed by atoms with Crippen LogP contribution in [-0.4, -0.2) is 68.6 Å². The normalized spacial score (nSPS) is 11.0. The van der Waals surface area contributed by atoms with Crippen LogP contribution in [0.3, 0.4) is 0 Å². The van der Waals surface area contributed by atoms with E-state index >= 15 is 0 Å². The summed E-state index contributed by atoms with van der Waals surface area (Å²) in [4.78, 5) is 20.3. The summed E-state index contributed by atoms with van der Waals surface area (Å²) in [5.74, 6) is 0.743. The summed E-state index contributed by atoms with van der Waals surface area (Å²) in [7, 11) is 3.17. The predicted octanol–water partition coefficient (Wildman–Crippen LogP) is 3.18. The minimum atomic E-state index is -2.94. The first kappa shape index (κ1) is 27.1. The van der Waals surface area contributed by atoms with Crippen molar-refractivity contribution in [2.75, 3.05) is 40.3 Å². The number of methoxy groups -OCH3 is 1. The highest BCUT2D eigenvalue weighted by Gasteiger charge is 2.15. The number of halogens is 3. The molecular formula is C19H31F2IN4O3. The molecule has 0 aromatic heterocycles. The number of carbonyl (C=O) groups excluding carboxylic acids is 1. The Hall–Kier alpha value is -1.85. The van der Waals surface area contributed by atoms with E-state index in [-0.39, 0.29) is 54.5 Å². The lowest BCUT2D eigenvalue weighted by atomic mass is 10.2. The molecule has 0 unspecified atom stereocenters. The van der Waals surface area contributed by atoms with Crippen LogP contribution in [-0.2, 0) is 11.3 Å². The number of rotatable bonds is 10. The van der Waals surface area contributed by atoms with Gasteiger partial charge < -0.3 is 24.6 Å². The third kappa shape index (κ3) is 9.01. The van der Waals surface area contributed by atoms with E-state index < -0.39 is 6.61 Å². The number of nitrogens with one attached hydrogen (secondary N) is 1. The fraction of sp³-hybridized carbons (Fsp3) is 0.579. The molecular weight excluding hydrogens is 497 g/mol. The zero-order valence-electron chi connectivity index (χ0n) is 17.6. The molecule has 1 aromatic carbocycles. The lowest BCUT2D eigenvalue weighted by Gasteiger charge is -2.25. The Morgan fingerprint density at radius 2 is 1.86 bits per heavy atom. The van der Waals surface area contributed by atoms with Crippen LogP contribution in [0.2, 0.25) is 0 Å². The lowest BCUT2D eigenvalue weighted by Crippen LogP contribution is -2.45. The summed E-state index contributed by atoms with van der Waals surface area (Å²) < 4.78 is 34.7. The van der Waals surface area contributed by atoms with Crippen LogP contribution in [0.1, 0.15) is 26.3 Å². The Kier molecular flexibility index (Phi) is 13.3. The van der Waals surface area contributed by atoms with Gasteiger partial charge in [-0.25, -0.2) is 4.99 Å². The van der Waals surface area contributed by atoms with Gasteiger partial charge in [-0.1, -0.05) is 6.07 Å². The molecule has 0 saturated carbocycles. The molecule has 0 spiro atoms. The van der Waals surface area contributed by atoms with Gasteiger partial charge in [0.1, 0.15) is 0 Å². The first-order valence-electron chi connectivity index (χ1n) is 9.25. The monoisotopic (exact) mass is 528 g/mol. The van der Waals surface area contributed by atoms with Crippen molar-refractivity contribution >= 4 is 35.8 Å². The number of nitrogens with zero attached hydrogens (tertiary/aromatic N) is 3. The molecule has 0 atom stereocenters. The summed E-state index contributed by atoms with van der Waals surface area (Å²) in [6, 6.07) is 4.76. The van der Waals surface area contributed by atoms with Crippen molar-refractivity contribution in [1.82, 2.24) is 15.1 Å². The summed E-state index contributed by atoms with van der Waals surface area (Å²) in [6.45, 7) is 5.20. The number of ether oxygens (including phenoxy) is 2. The van der Waals surface area contributed by atoms with Gasteiger partial charge in [-0.05, 0) is 38.5 Å². The van der Waals surface area contributed by atoms with Gasteiger partial charge in [0.25, 0.3) is 0 Å². The molecule has 0 bridgehead atoms. The van der Waals surface area contributed by atoms with E-state index in [2.05, 4.69) is 15.0 Å². The number of carbonyl (C=O) groups is 1. The van der Waals surface area contributed by atoms with Crippen molar-refractivity contribution < 1.29 is 23.0 Å². The number of guanidine groups is 1. The number of aliphatic imine (C=N–C) groups is 1. The third-order valence-electron chi connectivity index (χ3n) is 4.04. The van der Waals surface area contributed by atoms with E-state index in [1.807, 2.05) is 20.8 Å². The highest BCUT2D eigenvalue weighted by molar-refractivity contribution is 14.0. The van der Waals surface area contributed by atoms with E-state index in [0.29, 0.717) is 31.2 Å². The van der Waals surface area contributed by atoms with Gasteiger partial charge in [0.05, 0.1) is 20.2 Å². The molecule has 0 radical (unpaired) electrons. The Morgan fingerprint density at radius 1 is 1.21 bits per heavy atom. The standard InChI is InChI=1S/C19H30F2N4O3.HI/c1-6-22-19(24(4)13-17(26)25(7-2)8-3)23-12-14-9-10-15(27-5)16(11-14)28-18(20)21;/h9-11,18H,6-8,12-13H2,1-5H3,(H,22,23);1H. The number of amides is 1. The highest BCUT2D eigenvalue weighted by atomic mass is 127. The molecule has 0 aliphatic heterocycles. The van der Waals surface area contributed by atoms with Crippen LogP contribution in [0, 0.1) is 0 Å². The molecule has 1 aromatic rings. The van der Waals surface area contributed by atoms with Crippen LogP contribution in [0.15, 0.2) is 23.2 Å². The maximum atomic E-state index is 12.6. The Bertz CT molecular complexity index is 658. The Balaban J connectivity index is 0.00000784. The minimum absolute atomic E-state index is 0. The van der Waals surface area contributed by atoms with E-state index in [4.69, 9.17) is 4.74 Å². The van der Waals surface area contributed by atoms with E-state index in [1.54, 1.807) is 29.0 Å². The van der Waals surface area contributed by atoms with Crippen molar-refractivity contribution in [3.05, 3.63) is 23.8 Å². The summed E-state index contributed by atoms with van der Waals surface area (Å²) in [5, 5.41) is 3.13. The van der Waals surface area contributed by atoms with Crippen LogP contribution in [0.4, 0.5) is 8.78 Å². The van der Waals surface area contributed by atoms with E-state index in [1.165, 1.54) is 13.2 Å². The maximum Gasteiger partial charge on any atom is 0.387 e. The molecule has 0 heterocycles. The highest BCUT2D eigenvalue weighted by Crippen LogP contribution is 2.29. The summed E-state index contributed by atoms with van der Waals surface area (Å²) in [5.41, 5.74) is 0.676. The quantitative estimate of drug-likeness (QED) is 0.287. The second-order valence-corrected chi connectivity index (χ2v) is 5.96. The first-order valence-corrected chi connectivity index (χ1v) is 9.25. The van der Waals surface area contributed by atoms with Crippen LogP contribution < -0.4 is 14.8 Å². The fourth-order valence-corrected chi connectivity index (χ4v) is 2.60. The van der Waals surface area contributed by atoms with Gasteiger partial charge in [0.2, 0.25) is 5.91 Å². The summed E-state index contributed by atoms with van der Waals surface area (Å²) >= 11 is 0. The largest absolute Gasteiger partial charge is 0.493 e. The molecule has 0 fully saturated rings. The van der Waals surface area contributed by atoms with Crippen LogP contribution in [0.5, 0.6) is 11.5 Å². The van der Waals surface area contributed by atoms with Crippen molar-refractivity contribution in [2.45, 2.75) is 33.9 Å². The van der Waals surface area contributed by atoms with Gasteiger partial charge in [0, 0.05) is 26.7 Å². The van der Waals surface area contributed by atoms with Crippen molar-refractivity contribution in [1.29, 1.82) is 0 Å². The van der Waals surface area contributed by atoms with Crippen molar-refractivity contribution in [2.24, 2.45) is 4.99 Å². The topological polar surface area (TPSA) is 66.4 Å². The molecule has 0 saturated heterocycles. The molecule has 0 aliphatic rings. The molecule has 1 rings (SSSR count). The Labute approximate surface area is 188 Å². The number of likely N-dealkylation sites (N-methyl/N-ethyl adjacent to an activating group) is 2. The molecule has 166 valence electrons. The van der Waals surface area contributed by atoms with Gasteiger partial charge in [-0.2, -0.15) is 8.78 Å². The molecule has 1 amide bonds. The number of benzene rings is 1. The fourth-order valence-electron chi connectivity index (χ4n) is 2.60. The number of hydrogen-bond donors (Lipinski definition) is 1. The van der Waals surface area contributed by atoms with Crippen LogP contribution in [0.25, 0.3) is 0 Å². The third-order valence-corrected chi connectivity index (χ3v) is 4.04. The van der Waals surface area contributed by atoms with E-state index in [0.717, 1.165) is 0 Å². The van der Waals surface area contributed by atoms with Crippen molar-refractivity contribution in [3.63, 3.8) is 0 Å². The van der Waals surface area contributed by atoms with Gasteiger partial charge >= 0.3 is 6.61 Å². The van der Waals surface area contributed by atoms with Crippen LogP contribution >= 0.6 is 24.0 Å². The molecule has 7 nitrogen and oxygen atoms in total. The molecule has 29 heavy (non-hydrogen) atoms. The molecule has 1 N–H and O–H groups in total. The number of alkyl halides is 2. The average molecular weight is 528 g/mol. The van der Waals surface area contributed by atoms with Gasteiger partial charge in [0.15, 0.2) is 17.5 Å². The maximum absolute atomic E-state index is 12.6. The second kappa shape index (κ2) is 14.2. The summed E-state index contributed by atoms with van der Waals surface area (Å²) in [6.07, 6.45) is 0. The Morgan fingerprint density at radius 3 is 2.38 bits per heavy atom. The lowest BCUT2D eigenvalue weighted by molar-refractivity contribution is -0.131. The number of hydrogen-bond acceptors (Lipinski definition) is 4. The van der Waals surface area contributed by atoms with Crippen molar-refractivity contribution in [3.8, 4) is 11.5 Å². The van der Waals surface area contributed by atoms with Gasteiger partial charge in [-0.15, -0.1) is 24.0 Å². The second-order valence-electron chi connectivity index (χ2n) is 5.96. The first-order chi connectivity index (χ1) is 13.4. The van der Waals surface area contributed by atoms with E-state index in [9.17, 15) is 13.6 Å². The minimum Gasteiger partial charge on any atom is -0.493 e. The zero-order valence-corrected chi connectivity index (χ0v) is 19.9. The molecule has 0 aliphatic carbocycles. The smallest absolute Gasteiger partial charge is 0.387 e. The predicted molar refractivity (Wildman–Crippen MR) is 120 cm³/mol. The SMILES string of the molecule is CCNC(=NCc1ccc(OC)c(OC(F)F)c1)N(C)CC(=O)N(CC)CC.I. The molecule has 10 heteroatoms.